The average molecular weight is 540 g/mol. The van der Waals surface area contributed by atoms with E-state index in [1.807, 2.05) is 28.9 Å². The Hall–Kier alpha value is -2.83. The maximum absolute atomic E-state index is 11.7. The van der Waals surface area contributed by atoms with Crippen molar-refractivity contribution in [3.63, 3.8) is 0 Å². The molecule has 12 heteroatoms. The van der Waals surface area contributed by atoms with Crippen LogP contribution in [0.25, 0.3) is 10.2 Å². The predicted molar refractivity (Wildman–Crippen MR) is 148 cm³/mol. The number of anilines is 3. The third-order valence-corrected chi connectivity index (χ3v) is 9.08. The first-order valence-electron chi connectivity index (χ1n) is 13.8. The van der Waals surface area contributed by atoms with Crippen LogP contribution < -0.4 is 10.6 Å². The minimum absolute atomic E-state index is 0.189. The molecule has 1 amide bonds. The molecule has 2 N–H and O–H groups in total. The highest BCUT2D eigenvalue weighted by atomic mass is 32.1. The molecule has 204 valence electrons. The highest BCUT2D eigenvalue weighted by Crippen LogP contribution is 2.32. The summed E-state index contributed by atoms with van der Waals surface area (Å²) in [6.07, 6.45) is 10.3. The lowest BCUT2D eigenvalue weighted by Crippen LogP contribution is -2.52. The molecule has 0 spiro atoms. The Kier molecular flexibility index (Phi) is 7.44. The van der Waals surface area contributed by atoms with Gasteiger partial charge in [-0.15, -0.1) is 0 Å². The van der Waals surface area contributed by atoms with Crippen molar-refractivity contribution < 1.29 is 9.53 Å². The van der Waals surface area contributed by atoms with Gasteiger partial charge >= 0.3 is 0 Å². The molecule has 5 heterocycles. The molecule has 3 fully saturated rings. The summed E-state index contributed by atoms with van der Waals surface area (Å²) in [4.78, 5) is 26.8. The highest BCUT2D eigenvalue weighted by Gasteiger charge is 2.29. The highest BCUT2D eigenvalue weighted by molar-refractivity contribution is 7.13. The van der Waals surface area contributed by atoms with E-state index in [0.29, 0.717) is 24.1 Å². The topological polar surface area (TPSA) is 113 Å². The number of nitrogens with one attached hydrogen (secondary N) is 2. The largest absolute Gasteiger partial charge is 0.381 e. The zero-order valence-corrected chi connectivity index (χ0v) is 23.0. The van der Waals surface area contributed by atoms with Crippen molar-refractivity contribution in [2.45, 2.75) is 70.5 Å². The van der Waals surface area contributed by atoms with Crippen molar-refractivity contribution in [2.24, 2.45) is 0 Å². The van der Waals surface area contributed by atoms with E-state index in [4.69, 9.17) is 14.7 Å². The second-order valence-corrected chi connectivity index (χ2v) is 11.5. The van der Waals surface area contributed by atoms with Crippen LogP contribution in [0.4, 0.5) is 17.5 Å². The van der Waals surface area contributed by atoms with Crippen LogP contribution in [0.15, 0.2) is 12.4 Å². The molecule has 0 unspecified atom stereocenters. The standard InChI is InChI=1S/C26H37N9O2S/c1-17-23-24(28-19-3-5-21(6-4-19)34-11-9-33(10-12-34)18(2)36)30-26(31-25(23)38-32-17)29-20-15-27-35(16-20)22-7-13-37-14-8-22/h15-16,19,21-22H,3-14H2,1-2H3,(H2,28,29,30,31)/t19-,21-. The lowest BCUT2D eigenvalue weighted by Gasteiger charge is -2.42. The fourth-order valence-electron chi connectivity index (χ4n) is 6.01. The van der Waals surface area contributed by atoms with Gasteiger partial charge in [-0.05, 0) is 57.0 Å². The molecular formula is C26H37N9O2S. The van der Waals surface area contributed by atoms with Crippen molar-refractivity contribution in [2.75, 3.05) is 50.0 Å². The molecule has 1 saturated carbocycles. The number of piperazine rings is 1. The van der Waals surface area contributed by atoms with Crippen LogP contribution in [0.5, 0.6) is 0 Å². The lowest BCUT2D eigenvalue weighted by molar-refractivity contribution is -0.131. The summed E-state index contributed by atoms with van der Waals surface area (Å²) in [5, 5.41) is 12.7. The first-order valence-corrected chi connectivity index (χ1v) is 14.6. The molecule has 2 saturated heterocycles. The van der Waals surface area contributed by atoms with Crippen LogP contribution in [-0.4, -0.2) is 91.3 Å². The fourth-order valence-corrected chi connectivity index (χ4v) is 6.79. The number of hydrogen-bond donors (Lipinski definition) is 2. The number of ether oxygens (including phenoxy) is 1. The van der Waals surface area contributed by atoms with Gasteiger partial charge in [-0.2, -0.15) is 19.4 Å². The lowest BCUT2D eigenvalue weighted by atomic mass is 9.89. The van der Waals surface area contributed by atoms with Crippen LogP contribution >= 0.6 is 11.5 Å². The van der Waals surface area contributed by atoms with Gasteiger partial charge in [0.1, 0.15) is 5.82 Å². The minimum atomic E-state index is 0.189. The smallest absolute Gasteiger partial charge is 0.230 e. The number of hydrogen-bond acceptors (Lipinski definition) is 10. The number of aryl methyl sites for hydroxylation is 1. The van der Waals surface area contributed by atoms with E-state index in [0.717, 1.165) is 105 Å². The number of fused-ring (bicyclic) bond motifs is 1. The Morgan fingerprint density at radius 1 is 1.03 bits per heavy atom. The molecule has 11 nitrogen and oxygen atoms in total. The molecule has 0 aromatic carbocycles. The number of carbonyl (C=O) groups is 1. The van der Waals surface area contributed by atoms with Crippen molar-refractivity contribution >= 4 is 45.1 Å². The van der Waals surface area contributed by atoms with Gasteiger partial charge in [0, 0.05) is 64.6 Å². The fraction of sp³-hybridized carbons (Fsp3) is 0.654. The zero-order valence-electron chi connectivity index (χ0n) is 22.2. The van der Waals surface area contributed by atoms with Crippen molar-refractivity contribution in [3.8, 4) is 0 Å². The molecule has 3 aromatic heterocycles. The summed E-state index contributed by atoms with van der Waals surface area (Å²) in [7, 11) is 0. The average Bonchev–Trinajstić information content (AvgIpc) is 3.56. The normalized spacial score (nSPS) is 23.6. The summed E-state index contributed by atoms with van der Waals surface area (Å²) >= 11 is 1.41. The molecule has 3 aromatic rings. The van der Waals surface area contributed by atoms with Gasteiger partial charge in [0.25, 0.3) is 0 Å². The minimum Gasteiger partial charge on any atom is -0.381 e. The van der Waals surface area contributed by atoms with Crippen molar-refractivity contribution in [3.05, 3.63) is 18.1 Å². The second-order valence-electron chi connectivity index (χ2n) is 10.7. The molecule has 6 rings (SSSR count). The molecule has 0 radical (unpaired) electrons. The number of rotatable bonds is 6. The van der Waals surface area contributed by atoms with E-state index in [-0.39, 0.29) is 5.91 Å². The van der Waals surface area contributed by atoms with E-state index in [1.165, 1.54) is 11.5 Å². The number of carbonyl (C=O) groups excluding carboxylic acids is 1. The van der Waals surface area contributed by atoms with E-state index in [9.17, 15) is 4.79 Å². The van der Waals surface area contributed by atoms with Crippen LogP contribution in [0.2, 0.25) is 0 Å². The van der Waals surface area contributed by atoms with Gasteiger partial charge in [0.2, 0.25) is 11.9 Å². The third kappa shape index (κ3) is 5.48. The molecule has 1 aliphatic carbocycles. The van der Waals surface area contributed by atoms with Crippen LogP contribution in [0.1, 0.15) is 57.2 Å². The maximum Gasteiger partial charge on any atom is 0.230 e. The van der Waals surface area contributed by atoms with Gasteiger partial charge < -0.3 is 20.3 Å². The monoisotopic (exact) mass is 539 g/mol. The van der Waals surface area contributed by atoms with Crippen molar-refractivity contribution in [1.82, 2.24) is 33.9 Å². The molecular weight excluding hydrogens is 502 g/mol. The van der Waals surface area contributed by atoms with Gasteiger partial charge in [0.05, 0.1) is 29.0 Å². The quantitative estimate of drug-likeness (QED) is 0.485. The molecule has 38 heavy (non-hydrogen) atoms. The van der Waals surface area contributed by atoms with Gasteiger partial charge in [-0.1, -0.05) is 0 Å². The first kappa shape index (κ1) is 25.4. The SMILES string of the molecule is CC(=O)N1CCN([C@H]2CC[C@H](Nc3nc(Nc4cnn(C5CCOCC5)c4)nc4snc(C)c34)CC2)CC1. The van der Waals surface area contributed by atoms with Gasteiger partial charge in [0.15, 0.2) is 4.83 Å². The van der Waals surface area contributed by atoms with E-state index >= 15 is 0 Å². The second kappa shape index (κ2) is 11.1. The zero-order chi connectivity index (χ0) is 26.1. The maximum atomic E-state index is 11.7. The van der Waals surface area contributed by atoms with Crippen molar-refractivity contribution in [1.29, 1.82) is 0 Å². The number of nitrogens with zero attached hydrogens (tertiary/aromatic N) is 7. The van der Waals surface area contributed by atoms with E-state index in [1.54, 1.807) is 6.92 Å². The van der Waals surface area contributed by atoms with E-state index < -0.39 is 0 Å². The molecule has 0 atom stereocenters. The number of aromatic nitrogens is 5. The summed E-state index contributed by atoms with van der Waals surface area (Å²) < 4.78 is 12.1. The van der Waals surface area contributed by atoms with E-state index in [2.05, 4.69) is 25.0 Å². The summed E-state index contributed by atoms with van der Waals surface area (Å²) in [6, 6.07) is 1.34. The van der Waals surface area contributed by atoms with Crippen LogP contribution in [-0.2, 0) is 9.53 Å². The Morgan fingerprint density at radius 2 is 1.79 bits per heavy atom. The summed E-state index contributed by atoms with van der Waals surface area (Å²) in [5.74, 6) is 1.61. The molecule has 3 aliphatic rings. The molecule has 0 bridgehead atoms. The Labute approximate surface area is 227 Å². The predicted octanol–water partition coefficient (Wildman–Crippen LogP) is 3.57. The number of amides is 1. The van der Waals surface area contributed by atoms with Gasteiger partial charge in [-0.25, -0.2) is 0 Å². The summed E-state index contributed by atoms with van der Waals surface area (Å²) in [6.45, 7) is 8.92. The third-order valence-electron chi connectivity index (χ3n) is 8.24. The van der Waals surface area contributed by atoms with Crippen LogP contribution in [0.3, 0.4) is 0 Å². The Morgan fingerprint density at radius 3 is 2.53 bits per heavy atom. The van der Waals surface area contributed by atoms with Crippen LogP contribution in [0, 0.1) is 6.92 Å². The summed E-state index contributed by atoms with van der Waals surface area (Å²) in [5.41, 5.74) is 1.84. The van der Waals surface area contributed by atoms with Gasteiger partial charge in [-0.3, -0.25) is 14.4 Å². The Balaban J connectivity index is 1.11. The molecule has 2 aliphatic heterocycles. The Bertz CT molecular complexity index is 1250. The first-order chi connectivity index (χ1) is 18.5.